The molecule has 6 heterocycles. The quantitative estimate of drug-likeness (QED) is 0.116. The van der Waals surface area contributed by atoms with Crippen LogP contribution in [0.3, 0.4) is 0 Å². The van der Waals surface area contributed by atoms with Crippen LogP contribution in [-0.2, 0) is 223 Å². The topological polar surface area (TPSA) is 92.0 Å². The van der Waals surface area contributed by atoms with Crippen LogP contribution >= 0.6 is 24.4 Å². The Balaban J connectivity index is -0.000000967. The van der Waals surface area contributed by atoms with Crippen molar-refractivity contribution in [3.05, 3.63) is 87.4 Å². The van der Waals surface area contributed by atoms with Crippen LogP contribution < -0.4 is 25.7 Å². The Labute approximate surface area is 635 Å². The molecule has 0 aliphatic carbocycles. The maximum absolute atomic E-state index is 11.8. The summed E-state index contributed by atoms with van der Waals surface area (Å²) in [6.45, 7) is 23.4. The van der Waals surface area contributed by atoms with Crippen molar-refractivity contribution in [1.29, 1.82) is 0 Å². The van der Waals surface area contributed by atoms with Crippen LogP contribution in [0.15, 0.2) is 102 Å². The fraction of sp³-hybridized carbons (Fsp3) is 0.571. The number of nitrogens with zero attached hydrogens (tertiary/aromatic N) is 20. The van der Waals surface area contributed by atoms with Gasteiger partial charge in [0.2, 0.25) is 9.54 Å². The Morgan fingerprint density at radius 1 is 0.333 bits per heavy atom. The molecule has 0 bridgehead atoms. The fourth-order valence-corrected chi connectivity index (χ4v) is 13.1. The van der Waals surface area contributed by atoms with Crippen molar-refractivity contribution in [3.63, 3.8) is 0 Å². The van der Waals surface area contributed by atoms with Gasteiger partial charge in [0.05, 0.1) is 0 Å². The minimum atomic E-state index is -0.0521. The minimum Gasteiger partial charge on any atom is -0.762 e. The molecule has 3 aliphatic rings. The summed E-state index contributed by atoms with van der Waals surface area (Å²) < 4.78 is 11.3. The predicted molar refractivity (Wildman–Crippen MR) is 379 cm³/mol. The number of hydrogen-bond donors (Lipinski definition) is 0. The third-order valence-corrected chi connectivity index (χ3v) is 17.4. The van der Waals surface area contributed by atoms with Crippen molar-refractivity contribution in [1.82, 2.24) is 77.7 Å². The van der Waals surface area contributed by atoms with Crippen molar-refractivity contribution < 1.29 is 58.6 Å². The van der Waals surface area contributed by atoms with Crippen molar-refractivity contribution in [3.8, 4) is 0 Å². The van der Waals surface area contributed by atoms with Gasteiger partial charge in [-0.05, 0) is 50.1 Å². The first kappa shape index (κ1) is 89.9. The maximum Gasteiger partial charge on any atom is 4.00 e. The summed E-state index contributed by atoms with van der Waals surface area (Å²) in [4.78, 5) is 15.9. The fourth-order valence-electron chi connectivity index (χ4n) is 7.87. The van der Waals surface area contributed by atoms with E-state index >= 15 is 0 Å². The summed E-state index contributed by atoms with van der Waals surface area (Å²) in [6, 6.07) is 0. The Bertz CT molecular complexity index is 2710. The normalized spacial score (nSPS) is 13.6. The Morgan fingerprint density at radius 2 is 0.529 bits per heavy atom. The summed E-state index contributed by atoms with van der Waals surface area (Å²) in [5.41, 5.74) is -0.0521. The van der Waals surface area contributed by atoms with Crippen molar-refractivity contribution >= 4 is 176 Å². The van der Waals surface area contributed by atoms with Crippen LogP contribution in [0.1, 0.15) is 53.4 Å². The molecule has 0 fully saturated rings. The second-order valence-corrected chi connectivity index (χ2v) is 25.0. The zero-order chi connectivity index (χ0) is 65.6. The third-order valence-electron chi connectivity index (χ3n) is 11.4. The molecule has 0 saturated heterocycles. The largest absolute Gasteiger partial charge is 4.00 e. The molecular formula is C49H82N20NiOPt2S14-4. The summed E-state index contributed by atoms with van der Waals surface area (Å²) in [7, 11) is 30.2. The predicted octanol–water partition coefficient (Wildman–Crippen LogP) is 4.34. The molecule has 3 aliphatic heterocycles. The summed E-state index contributed by atoms with van der Waals surface area (Å²) >= 11 is 73.0. The number of hydrogen-bond acceptors (Lipinski definition) is 29. The second-order valence-electron chi connectivity index (χ2n) is 19.6. The Kier molecular flexibility index (Phi) is 42.0. The molecule has 3 aromatic rings. The molecule has 87 heavy (non-hydrogen) atoms. The van der Waals surface area contributed by atoms with E-state index in [1.807, 2.05) is 176 Å². The van der Waals surface area contributed by atoms with E-state index in [4.69, 9.17) is 176 Å². The molecule has 502 valence electrons. The molecule has 0 unspecified atom stereocenters. The molecule has 0 aromatic carbocycles. The number of aromatic nitrogens is 6. The van der Waals surface area contributed by atoms with Crippen LogP contribution in [0.25, 0.3) is 0 Å². The average molecular weight is 1870 g/mol. The SMILES string of the molecule is C=C1N(CCC)C([S-])=C([S-])N1CCC.C=C1N(N(C)C)C([S-])=C([S-])N1N(C)C.C=C1N(N(C)C)C([S-])=C([S-])N1N(C)C.CCCn1c([S-])c([S-])n(CCC)c1=O.CN(C)n1c([S-])c([S-])n(N(C)C)c1=S.CN(C)n1c([S-])c([S-])n(N(C)C)c1=S.[Ni].[Pt+4].[Pt+4]. The average Bonchev–Trinajstić information content (AvgIpc) is 3.15. The van der Waals surface area contributed by atoms with Gasteiger partial charge in [-0.3, -0.25) is 38.7 Å². The van der Waals surface area contributed by atoms with Gasteiger partial charge in [0.1, 0.15) is 17.5 Å². The zero-order valence-corrected chi connectivity index (χ0v) is 69.8. The van der Waals surface area contributed by atoms with E-state index in [9.17, 15) is 4.79 Å². The molecule has 6 rings (SSSR count). The smallest absolute Gasteiger partial charge is 0.762 e. The number of hydrazine groups is 4. The van der Waals surface area contributed by atoms with E-state index in [0.29, 0.717) is 72.9 Å². The van der Waals surface area contributed by atoms with E-state index in [1.165, 1.54) is 0 Å². The van der Waals surface area contributed by atoms with E-state index < -0.39 is 0 Å². The van der Waals surface area contributed by atoms with Crippen LogP contribution in [0, 0.1) is 9.54 Å². The monoisotopic (exact) mass is 1860 g/mol. The van der Waals surface area contributed by atoms with E-state index in [0.717, 1.165) is 66.3 Å². The standard InChI is InChI=1S/C10H18N2S2.C9H16N2OS2.2C8H16N4S2.2C7H14N4S3.Ni.2Pt/c1-4-6-11-8(3)12(7-5-2)10(14)9(11)13;1-3-5-10-7(13)8(14)11(6-4-2)9(10)12;2*1-6-11(9(2)3)7(13)8(14)12(6)10(4)5;2*1-8(2)10-5(12)6(13)11(7(10)14)9(3)4;;;/h13-14H,3-7H2,1-2H3;13-14H,3-6H2,1-2H3;2*13-14H,1H2,2-5H3;2*12-13H,1-4H3;;;/q;;;;;;;2*+4/p-12. The van der Waals surface area contributed by atoms with Crippen molar-refractivity contribution in [2.75, 3.05) is 146 Å². The van der Waals surface area contributed by atoms with Crippen LogP contribution in [0.5, 0.6) is 0 Å². The summed E-state index contributed by atoms with van der Waals surface area (Å²) in [5.74, 6) is 2.47. The van der Waals surface area contributed by atoms with E-state index in [-0.39, 0.29) is 64.3 Å². The van der Waals surface area contributed by atoms with Gasteiger partial charge in [-0.2, -0.15) is 0 Å². The molecule has 0 spiro atoms. The number of imidazole rings is 3. The van der Waals surface area contributed by atoms with Crippen LogP contribution in [0.4, 0.5) is 0 Å². The van der Waals surface area contributed by atoms with Gasteiger partial charge in [0, 0.05) is 155 Å². The van der Waals surface area contributed by atoms with Gasteiger partial charge in [-0.25, -0.2) is 24.8 Å². The summed E-state index contributed by atoms with van der Waals surface area (Å²) in [6.07, 6.45) is 3.91. The first-order valence-corrected chi connectivity index (χ1v) is 31.6. The molecular weight excluding hydrogens is 1780 g/mol. The van der Waals surface area contributed by atoms with Gasteiger partial charge in [0.25, 0.3) is 0 Å². The minimum absolute atomic E-state index is 0. The number of rotatable bonds is 16. The molecule has 0 saturated carbocycles. The van der Waals surface area contributed by atoms with Gasteiger partial charge < -0.3 is 191 Å². The Morgan fingerprint density at radius 3 is 0.667 bits per heavy atom. The van der Waals surface area contributed by atoms with Crippen molar-refractivity contribution in [2.24, 2.45) is 0 Å². The molecule has 0 atom stereocenters. The zero-order valence-electron chi connectivity index (χ0n) is 52.8. The first-order chi connectivity index (χ1) is 38.8. The first-order valence-electron chi connectivity index (χ1n) is 25.8. The van der Waals surface area contributed by atoms with E-state index in [2.05, 4.69) is 33.6 Å². The maximum atomic E-state index is 11.8. The molecule has 0 amide bonds. The van der Waals surface area contributed by atoms with Gasteiger partial charge in [-0.1, -0.05) is 87.7 Å². The third kappa shape index (κ3) is 21.9. The molecule has 38 heteroatoms. The summed E-state index contributed by atoms with van der Waals surface area (Å²) in [5, 5.41) is 29.2. The van der Waals surface area contributed by atoms with Gasteiger partial charge in [-0.15, -0.1) is 20.1 Å². The van der Waals surface area contributed by atoms with Crippen molar-refractivity contribution in [2.45, 2.75) is 96.6 Å². The van der Waals surface area contributed by atoms with Gasteiger partial charge >= 0.3 is 47.8 Å². The molecule has 3 aromatic heterocycles. The van der Waals surface area contributed by atoms with Crippen LogP contribution in [0.2, 0.25) is 0 Å². The Hall–Kier alpha value is -1.34. The molecule has 21 nitrogen and oxygen atoms in total. The van der Waals surface area contributed by atoms with Crippen LogP contribution in [-0.4, -0.2) is 204 Å². The van der Waals surface area contributed by atoms with Gasteiger partial charge in [0.15, 0.2) is 0 Å². The molecule has 0 N–H and O–H groups in total. The molecule has 0 radical (unpaired) electrons. The second kappa shape index (κ2) is 40.7. The van der Waals surface area contributed by atoms with E-state index in [1.54, 1.807) is 47.9 Å².